The van der Waals surface area contributed by atoms with E-state index in [1.165, 1.54) is 6.42 Å². The van der Waals surface area contributed by atoms with Crippen LogP contribution in [0.3, 0.4) is 0 Å². The van der Waals surface area contributed by atoms with E-state index in [1.54, 1.807) is 0 Å². The van der Waals surface area contributed by atoms with Crippen molar-refractivity contribution in [2.45, 2.75) is 19.8 Å². The topological polar surface area (TPSA) is 0 Å². The van der Waals surface area contributed by atoms with E-state index in [1.807, 2.05) is 0 Å². The van der Waals surface area contributed by atoms with E-state index < -0.39 is 0 Å². The van der Waals surface area contributed by atoms with Crippen LogP contribution in [0.5, 0.6) is 0 Å². The van der Waals surface area contributed by atoms with E-state index in [0.29, 0.717) is 0 Å². The Morgan fingerprint density at radius 3 is 2.50 bits per heavy atom. The molecular weight excluding hydrogens is 72.1 g/mol. The second kappa shape index (κ2) is 1.34. The highest BCUT2D eigenvalue weighted by Crippen LogP contribution is 2.11. The molecule has 6 heavy (non-hydrogen) atoms. The highest BCUT2D eigenvalue weighted by molar-refractivity contribution is 5.16. The second-order valence-corrected chi connectivity index (χ2v) is 1.63. The van der Waals surface area contributed by atoms with Gasteiger partial charge in [0.05, 0.1) is 0 Å². The van der Waals surface area contributed by atoms with Crippen LogP contribution in [0.25, 0.3) is 0 Å². The summed E-state index contributed by atoms with van der Waals surface area (Å²) in [4.78, 5) is 0. The molecule has 1 aliphatic carbocycles. The summed E-state index contributed by atoms with van der Waals surface area (Å²) in [6.45, 7) is 2.18. The summed E-state index contributed by atoms with van der Waals surface area (Å²) in [5.74, 6) is 6.76. The van der Waals surface area contributed by atoms with Crippen LogP contribution in [0.4, 0.5) is 0 Å². The molecule has 1 unspecified atom stereocenters. The molecule has 0 aromatic rings. The third kappa shape index (κ3) is 0.408. The lowest BCUT2D eigenvalue weighted by Gasteiger charge is -2.06. The van der Waals surface area contributed by atoms with Crippen LogP contribution in [0.1, 0.15) is 19.8 Å². The Bertz CT molecular complexity index is 92.3. The van der Waals surface area contributed by atoms with E-state index in [9.17, 15) is 0 Å². The summed E-state index contributed by atoms with van der Waals surface area (Å²) in [6, 6.07) is 0. The van der Waals surface area contributed by atoms with Crippen molar-refractivity contribution in [3.63, 3.8) is 0 Å². The number of rotatable bonds is 1. The smallest absolute Gasteiger partial charge is 0.0309 e. The Morgan fingerprint density at radius 1 is 1.83 bits per heavy atom. The molecule has 0 aromatic carbocycles. The quantitative estimate of drug-likeness (QED) is 0.418. The van der Waals surface area contributed by atoms with Gasteiger partial charge < -0.3 is 0 Å². The summed E-state index contributed by atoms with van der Waals surface area (Å²) in [6.07, 6.45) is 2.39. The van der Waals surface area contributed by atoms with Crippen molar-refractivity contribution >= 4 is 0 Å². The monoisotopic (exact) mass is 80.1 g/mol. The molecule has 0 saturated carbocycles. The molecule has 0 heterocycles. The van der Waals surface area contributed by atoms with Crippen LogP contribution in [0.2, 0.25) is 0 Å². The van der Waals surface area contributed by atoms with Crippen molar-refractivity contribution in [2.75, 3.05) is 0 Å². The summed E-state index contributed by atoms with van der Waals surface area (Å²) in [5.41, 5.74) is 0. The van der Waals surface area contributed by atoms with Crippen LogP contribution >= 0.6 is 0 Å². The van der Waals surface area contributed by atoms with Gasteiger partial charge in [-0.3, -0.25) is 0 Å². The molecule has 0 amide bonds. The van der Waals surface area contributed by atoms with Crippen molar-refractivity contribution in [2.24, 2.45) is 5.92 Å². The molecule has 0 heteroatoms. The summed E-state index contributed by atoms with van der Waals surface area (Å²) >= 11 is 0. The second-order valence-electron chi connectivity index (χ2n) is 1.63. The van der Waals surface area contributed by atoms with Gasteiger partial charge in [-0.15, -0.1) is 5.92 Å². The van der Waals surface area contributed by atoms with Gasteiger partial charge in [-0.05, 0) is 6.42 Å². The minimum absolute atomic E-state index is 0.755. The summed E-state index contributed by atoms with van der Waals surface area (Å²) in [5, 5.41) is 0. The summed E-state index contributed by atoms with van der Waals surface area (Å²) in [7, 11) is 0. The highest BCUT2D eigenvalue weighted by Gasteiger charge is 2.03. The third-order valence-corrected chi connectivity index (χ3v) is 1.15. The zero-order chi connectivity index (χ0) is 4.41. The molecule has 0 saturated heterocycles. The maximum atomic E-state index is 3.05. The van der Waals surface area contributed by atoms with E-state index in [-0.39, 0.29) is 0 Å². The molecule has 0 bridgehead atoms. The molecule has 1 rings (SSSR count). The average molecular weight is 80.1 g/mol. The first-order valence-electron chi connectivity index (χ1n) is 2.42. The Kier molecular flexibility index (Phi) is 0.837. The zero-order valence-corrected chi connectivity index (χ0v) is 3.99. The van der Waals surface area contributed by atoms with Crippen molar-refractivity contribution < 1.29 is 0 Å². The van der Waals surface area contributed by atoms with Gasteiger partial charge in [-0.25, -0.2) is 0 Å². The first kappa shape index (κ1) is 3.74. The van der Waals surface area contributed by atoms with E-state index in [4.69, 9.17) is 0 Å². The Balaban J connectivity index is 2.29. The van der Waals surface area contributed by atoms with Crippen LogP contribution < -0.4 is 0 Å². The van der Waals surface area contributed by atoms with Crippen LogP contribution in [-0.2, 0) is 0 Å². The summed E-state index contributed by atoms with van der Waals surface area (Å²) < 4.78 is 0. The molecule has 0 N–H and O–H groups in total. The molecule has 0 radical (unpaired) electrons. The first-order chi connectivity index (χ1) is 2.93. The molecule has 32 valence electrons. The molecule has 1 atom stereocenters. The van der Waals surface area contributed by atoms with Crippen LogP contribution in [0, 0.1) is 17.8 Å². The van der Waals surface area contributed by atoms with Gasteiger partial charge in [0.15, 0.2) is 0 Å². The lowest BCUT2D eigenvalue weighted by Crippen LogP contribution is -1.99. The van der Waals surface area contributed by atoms with Gasteiger partial charge in [0.25, 0.3) is 0 Å². The standard InChI is InChI=1S/C6H8/c1-2-6-4-3-5-6/h6H,2,4H2,1H3. The van der Waals surface area contributed by atoms with Gasteiger partial charge >= 0.3 is 0 Å². The Labute approximate surface area is 38.6 Å². The SMILES string of the molecule is CCC1C#CC1. The lowest BCUT2D eigenvalue weighted by molar-refractivity contribution is 0.640. The normalized spacial score (nSPS) is 27.2. The molecule has 0 spiro atoms. The fourth-order valence-corrected chi connectivity index (χ4v) is 0.493. The van der Waals surface area contributed by atoms with Gasteiger partial charge in [0.2, 0.25) is 0 Å². The van der Waals surface area contributed by atoms with Crippen molar-refractivity contribution in [1.29, 1.82) is 0 Å². The van der Waals surface area contributed by atoms with Gasteiger partial charge in [-0.2, -0.15) is 0 Å². The molecular formula is C6H8. The maximum Gasteiger partial charge on any atom is 0.0309 e. The minimum Gasteiger partial charge on any atom is -0.102 e. The highest BCUT2D eigenvalue weighted by atomic mass is 14.1. The molecule has 1 aliphatic rings. The Hall–Kier alpha value is -0.440. The molecule has 0 aliphatic heterocycles. The Morgan fingerprint density at radius 2 is 2.50 bits per heavy atom. The fraction of sp³-hybridized carbons (Fsp3) is 0.667. The van der Waals surface area contributed by atoms with Gasteiger partial charge in [0, 0.05) is 12.3 Å². The zero-order valence-electron chi connectivity index (χ0n) is 3.99. The van der Waals surface area contributed by atoms with E-state index in [0.717, 1.165) is 12.3 Å². The van der Waals surface area contributed by atoms with Gasteiger partial charge in [-0.1, -0.05) is 12.8 Å². The van der Waals surface area contributed by atoms with Gasteiger partial charge in [0.1, 0.15) is 0 Å². The predicted octanol–water partition coefficient (Wildman–Crippen LogP) is 1.42. The molecule has 0 fully saturated rings. The fourth-order valence-electron chi connectivity index (χ4n) is 0.493. The predicted molar refractivity (Wildman–Crippen MR) is 26.2 cm³/mol. The van der Waals surface area contributed by atoms with E-state index in [2.05, 4.69) is 18.8 Å². The maximum absolute atomic E-state index is 3.05. The van der Waals surface area contributed by atoms with Crippen LogP contribution in [0.15, 0.2) is 0 Å². The largest absolute Gasteiger partial charge is 0.102 e. The van der Waals surface area contributed by atoms with Crippen molar-refractivity contribution in [3.8, 4) is 11.8 Å². The first-order valence-corrected chi connectivity index (χ1v) is 2.42. The van der Waals surface area contributed by atoms with Crippen molar-refractivity contribution in [1.82, 2.24) is 0 Å². The minimum atomic E-state index is 0.755. The van der Waals surface area contributed by atoms with Crippen LogP contribution in [-0.4, -0.2) is 0 Å². The van der Waals surface area contributed by atoms with Crippen molar-refractivity contribution in [3.05, 3.63) is 0 Å². The lowest BCUT2D eigenvalue weighted by atomic mass is 9.97. The third-order valence-electron chi connectivity index (χ3n) is 1.15. The average Bonchev–Trinajstić information content (AvgIpc) is 1.31. The van der Waals surface area contributed by atoms with E-state index >= 15 is 0 Å². The molecule has 0 nitrogen and oxygen atoms in total. The molecule has 0 aromatic heterocycles. The number of hydrogen-bond donors (Lipinski definition) is 0. The number of hydrogen-bond acceptors (Lipinski definition) is 0.